The average molecular weight is 419 g/mol. The second-order valence-electron chi connectivity index (χ2n) is 6.62. The van der Waals surface area contributed by atoms with Crippen LogP contribution in [0, 0.1) is 0 Å². The summed E-state index contributed by atoms with van der Waals surface area (Å²) >= 11 is 5.97. The summed E-state index contributed by atoms with van der Waals surface area (Å²) in [4.78, 5) is 12.8. The van der Waals surface area contributed by atoms with Gasteiger partial charge in [-0.3, -0.25) is 4.57 Å². The number of nitrogens with zero attached hydrogens (tertiary/aromatic N) is 3. The van der Waals surface area contributed by atoms with Crippen LogP contribution in [0.1, 0.15) is 18.9 Å². The van der Waals surface area contributed by atoms with Gasteiger partial charge in [0.05, 0.1) is 11.6 Å². The number of sulfonamides is 1. The van der Waals surface area contributed by atoms with Crippen LogP contribution in [0.4, 0.5) is 0 Å². The number of hydrogen-bond donors (Lipinski definition) is 1. The van der Waals surface area contributed by atoms with Crippen LogP contribution in [0.5, 0.6) is 0 Å². The third kappa shape index (κ3) is 3.76. The molecule has 0 spiro atoms. The molecule has 0 amide bonds. The van der Waals surface area contributed by atoms with E-state index in [1.54, 1.807) is 16.7 Å². The van der Waals surface area contributed by atoms with Crippen LogP contribution in [0.25, 0.3) is 11.4 Å². The van der Waals surface area contributed by atoms with Gasteiger partial charge in [-0.2, -0.15) is 0 Å². The Labute approximate surface area is 167 Å². The Morgan fingerprint density at radius 2 is 1.75 bits per heavy atom. The highest BCUT2D eigenvalue weighted by molar-refractivity contribution is 7.89. The summed E-state index contributed by atoms with van der Waals surface area (Å²) in [5.74, 6) is 0.613. The highest BCUT2D eigenvalue weighted by Gasteiger charge is 2.30. The van der Waals surface area contributed by atoms with E-state index in [1.807, 2.05) is 30.3 Å². The van der Waals surface area contributed by atoms with Crippen molar-refractivity contribution in [3.8, 4) is 11.4 Å². The maximum Gasteiger partial charge on any atom is 0.346 e. The molecule has 0 aliphatic heterocycles. The van der Waals surface area contributed by atoms with Crippen molar-refractivity contribution >= 4 is 21.6 Å². The van der Waals surface area contributed by atoms with Crippen LogP contribution in [0.15, 0.2) is 64.3 Å². The Morgan fingerprint density at radius 3 is 2.43 bits per heavy atom. The van der Waals surface area contributed by atoms with Crippen LogP contribution in [-0.2, 0) is 16.6 Å². The number of rotatable bonds is 7. The second-order valence-corrected chi connectivity index (χ2v) is 8.77. The van der Waals surface area contributed by atoms with Crippen LogP contribution in [-0.4, -0.2) is 29.3 Å². The lowest BCUT2D eigenvalue weighted by molar-refractivity contribution is 0.547. The highest BCUT2D eigenvalue weighted by atomic mass is 35.5. The molecular formula is C19H19ClN4O3S. The van der Waals surface area contributed by atoms with E-state index in [1.165, 1.54) is 16.8 Å². The summed E-state index contributed by atoms with van der Waals surface area (Å²) in [5.41, 5.74) is 0.639. The third-order valence-electron chi connectivity index (χ3n) is 4.56. The van der Waals surface area contributed by atoms with Gasteiger partial charge in [-0.25, -0.2) is 22.6 Å². The monoisotopic (exact) mass is 418 g/mol. The minimum Gasteiger partial charge on any atom is -0.272 e. The number of halogens is 1. The molecule has 0 bridgehead atoms. The van der Waals surface area contributed by atoms with Crippen LogP contribution < -0.4 is 10.4 Å². The smallest absolute Gasteiger partial charge is 0.272 e. The standard InChI is InChI=1S/C19H19ClN4O3S/c20-16-8-4-5-9-17(16)28(26,27)21-12-13-23-19(25)24(15-10-11-15)18(22-23)14-6-2-1-3-7-14/h1-9,15,21H,10-13H2. The lowest BCUT2D eigenvalue weighted by Crippen LogP contribution is -2.32. The molecule has 0 atom stereocenters. The number of hydrogen-bond acceptors (Lipinski definition) is 4. The Kier molecular flexibility index (Phi) is 5.09. The molecule has 7 nitrogen and oxygen atoms in total. The third-order valence-corrected chi connectivity index (χ3v) is 6.52. The first-order chi connectivity index (χ1) is 13.5. The van der Waals surface area contributed by atoms with E-state index in [4.69, 9.17) is 11.6 Å². The molecule has 1 N–H and O–H groups in total. The predicted molar refractivity (Wildman–Crippen MR) is 107 cm³/mol. The average Bonchev–Trinajstić information content (AvgIpc) is 3.47. The summed E-state index contributed by atoms with van der Waals surface area (Å²) in [6, 6.07) is 15.9. The molecule has 4 rings (SSSR count). The molecule has 1 aromatic heterocycles. The van der Waals surface area contributed by atoms with E-state index in [2.05, 4.69) is 9.82 Å². The van der Waals surface area contributed by atoms with Gasteiger partial charge in [0.2, 0.25) is 10.0 Å². The predicted octanol–water partition coefficient (Wildman–Crippen LogP) is 2.68. The topological polar surface area (TPSA) is 86.0 Å². The summed E-state index contributed by atoms with van der Waals surface area (Å²) in [7, 11) is -3.77. The van der Waals surface area contributed by atoms with Crippen molar-refractivity contribution in [3.63, 3.8) is 0 Å². The number of aromatic nitrogens is 3. The highest BCUT2D eigenvalue weighted by Crippen LogP contribution is 2.36. The maximum atomic E-state index is 12.8. The van der Waals surface area contributed by atoms with E-state index in [9.17, 15) is 13.2 Å². The molecule has 0 unspecified atom stereocenters. The fraction of sp³-hybridized carbons (Fsp3) is 0.263. The molecule has 146 valence electrons. The van der Waals surface area contributed by atoms with Gasteiger partial charge in [-0.05, 0) is 25.0 Å². The normalized spacial score (nSPS) is 14.3. The Morgan fingerprint density at radius 1 is 1.07 bits per heavy atom. The van der Waals surface area contributed by atoms with Crippen molar-refractivity contribution in [2.45, 2.75) is 30.3 Å². The molecule has 2 aromatic carbocycles. The second kappa shape index (κ2) is 7.54. The largest absolute Gasteiger partial charge is 0.346 e. The van der Waals surface area contributed by atoms with Crippen molar-refractivity contribution in [2.75, 3.05) is 6.54 Å². The van der Waals surface area contributed by atoms with Crippen molar-refractivity contribution in [1.82, 2.24) is 19.1 Å². The Balaban J connectivity index is 1.55. The Bertz CT molecular complexity index is 1150. The van der Waals surface area contributed by atoms with Crippen molar-refractivity contribution in [3.05, 3.63) is 70.1 Å². The van der Waals surface area contributed by atoms with Gasteiger partial charge in [-0.15, -0.1) is 5.10 Å². The maximum absolute atomic E-state index is 12.8. The molecule has 1 aliphatic rings. The van der Waals surface area contributed by atoms with Crippen LogP contribution >= 0.6 is 11.6 Å². The molecule has 9 heteroatoms. The molecule has 0 saturated heterocycles. The minimum absolute atomic E-state index is 0.0116. The molecule has 1 aliphatic carbocycles. The molecule has 1 heterocycles. The molecule has 28 heavy (non-hydrogen) atoms. The zero-order chi connectivity index (χ0) is 19.7. The number of nitrogens with one attached hydrogen (secondary N) is 1. The zero-order valence-electron chi connectivity index (χ0n) is 15.0. The summed E-state index contributed by atoms with van der Waals surface area (Å²) < 4.78 is 30.4. The van der Waals surface area contributed by atoms with E-state index in [0.717, 1.165) is 18.4 Å². The molecule has 0 radical (unpaired) electrons. The summed E-state index contributed by atoms with van der Waals surface area (Å²) in [6.07, 6.45) is 1.90. The van der Waals surface area contributed by atoms with Gasteiger partial charge in [0, 0.05) is 18.2 Å². The van der Waals surface area contributed by atoms with E-state index in [-0.39, 0.29) is 34.7 Å². The number of benzene rings is 2. The molecule has 1 fully saturated rings. The van der Waals surface area contributed by atoms with Crippen molar-refractivity contribution < 1.29 is 8.42 Å². The van der Waals surface area contributed by atoms with Crippen molar-refractivity contribution in [2.24, 2.45) is 0 Å². The first-order valence-corrected chi connectivity index (χ1v) is 10.8. The van der Waals surface area contributed by atoms with E-state index in [0.29, 0.717) is 5.82 Å². The van der Waals surface area contributed by atoms with Gasteiger partial charge >= 0.3 is 5.69 Å². The van der Waals surface area contributed by atoms with Gasteiger partial charge in [-0.1, -0.05) is 54.1 Å². The quantitative estimate of drug-likeness (QED) is 0.639. The van der Waals surface area contributed by atoms with Gasteiger partial charge < -0.3 is 0 Å². The fourth-order valence-electron chi connectivity index (χ4n) is 3.04. The molecule has 3 aromatic rings. The molecular weight excluding hydrogens is 400 g/mol. The van der Waals surface area contributed by atoms with Crippen LogP contribution in [0.3, 0.4) is 0 Å². The Hall–Kier alpha value is -2.42. The summed E-state index contributed by atoms with van der Waals surface area (Å²) in [5, 5.41) is 4.61. The van der Waals surface area contributed by atoms with Gasteiger partial charge in [0.1, 0.15) is 4.90 Å². The van der Waals surface area contributed by atoms with E-state index < -0.39 is 10.0 Å². The lowest BCUT2D eigenvalue weighted by atomic mass is 10.2. The van der Waals surface area contributed by atoms with Gasteiger partial charge in [0.15, 0.2) is 5.82 Å². The van der Waals surface area contributed by atoms with E-state index >= 15 is 0 Å². The minimum atomic E-state index is -3.77. The lowest BCUT2D eigenvalue weighted by Gasteiger charge is -2.07. The summed E-state index contributed by atoms with van der Waals surface area (Å²) in [6.45, 7) is 0.158. The fourth-order valence-corrected chi connectivity index (χ4v) is 4.58. The first-order valence-electron chi connectivity index (χ1n) is 8.96. The molecule has 1 saturated carbocycles. The SMILES string of the molecule is O=c1n(CCNS(=O)(=O)c2ccccc2Cl)nc(-c2ccccc2)n1C1CC1. The van der Waals surface area contributed by atoms with Crippen molar-refractivity contribution in [1.29, 1.82) is 0 Å². The first kappa shape index (κ1) is 18.9. The zero-order valence-corrected chi connectivity index (χ0v) is 16.5. The van der Waals surface area contributed by atoms with Crippen LogP contribution in [0.2, 0.25) is 5.02 Å². The van der Waals surface area contributed by atoms with Gasteiger partial charge in [0.25, 0.3) is 0 Å².